The Balaban J connectivity index is 2.51. The zero-order valence-electron chi connectivity index (χ0n) is 10.2. The molecule has 0 aliphatic rings. The second-order valence-corrected chi connectivity index (χ2v) is 5.11. The summed E-state index contributed by atoms with van der Waals surface area (Å²) in [4.78, 5) is 12.5. The van der Waals surface area contributed by atoms with Gasteiger partial charge in [0.2, 0.25) is 0 Å². The van der Waals surface area contributed by atoms with E-state index in [2.05, 4.69) is 32.0 Å². The molecule has 0 aliphatic carbocycles. The SMILES string of the molecule is Cc1ccc(SCC(=O)OC(C)C)c(C)c1. The first-order valence-corrected chi connectivity index (χ1v) is 6.37. The van der Waals surface area contributed by atoms with E-state index in [1.165, 1.54) is 22.9 Å². The molecule has 0 spiro atoms. The maximum absolute atomic E-state index is 11.4. The van der Waals surface area contributed by atoms with E-state index in [0.717, 1.165) is 4.90 Å². The summed E-state index contributed by atoms with van der Waals surface area (Å²) in [5.74, 6) is 0.224. The molecule has 1 rings (SSSR count). The number of hydrogen-bond donors (Lipinski definition) is 0. The lowest BCUT2D eigenvalue weighted by Crippen LogP contribution is -2.13. The molecule has 0 atom stereocenters. The highest BCUT2D eigenvalue weighted by Crippen LogP contribution is 2.23. The van der Waals surface area contributed by atoms with E-state index in [4.69, 9.17) is 4.74 Å². The van der Waals surface area contributed by atoms with Crippen molar-refractivity contribution in [2.45, 2.75) is 38.7 Å². The van der Waals surface area contributed by atoms with Gasteiger partial charge in [-0.3, -0.25) is 4.79 Å². The van der Waals surface area contributed by atoms with Gasteiger partial charge in [0.1, 0.15) is 0 Å². The number of benzene rings is 1. The molecule has 0 bridgehead atoms. The molecule has 1 aromatic carbocycles. The summed E-state index contributed by atoms with van der Waals surface area (Å²) in [6.07, 6.45) is -0.0350. The van der Waals surface area contributed by atoms with Crippen LogP contribution in [0.2, 0.25) is 0 Å². The Morgan fingerprint density at radius 3 is 2.62 bits per heavy atom. The third-order valence-corrected chi connectivity index (χ3v) is 3.19. The molecule has 0 saturated carbocycles. The van der Waals surface area contributed by atoms with Gasteiger partial charge in [0.15, 0.2) is 0 Å². The summed E-state index contributed by atoms with van der Waals surface area (Å²) in [5.41, 5.74) is 2.45. The van der Waals surface area contributed by atoms with Crippen LogP contribution < -0.4 is 0 Å². The number of aryl methyl sites for hydroxylation is 2. The second kappa shape index (κ2) is 5.94. The molecule has 1 aromatic rings. The fourth-order valence-electron chi connectivity index (χ4n) is 1.39. The monoisotopic (exact) mass is 238 g/mol. The molecule has 0 N–H and O–H groups in total. The van der Waals surface area contributed by atoms with Crippen molar-refractivity contribution in [2.24, 2.45) is 0 Å². The van der Waals surface area contributed by atoms with Crippen molar-refractivity contribution in [1.29, 1.82) is 0 Å². The topological polar surface area (TPSA) is 26.3 Å². The maximum atomic E-state index is 11.4. The molecule has 16 heavy (non-hydrogen) atoms. The zero-order chi connectivity index (χ0) is 12.1. The number of ether oxygens (including phenoxy) is 1. The average Bonchev–Trinajstić information content (AvgIpc) is 2.15. The van der Waals surface area contributed by atoms with Crippen molar-refractivity contribution in [3.63, 3.8) is 0 Å². The summed E-state index contributed by atoms with van der Waals surface area (Å²) < 4.78 is 5.08. The van der Waals surface area contributed by atoms with E-state index in [1.807, 2.05) is 13.8 Å². The maximum Gasteiger partial charge on any atom is 0.316 e. The lowest BCUT2D eigenvalue weighted by molar-refractivity contribution is -0.144. The van der Waals surface area contributed by atoms with Crippen molar-refractivity contribution in [3.8, 4) is 0 Å². The van der Waals surface area contributed by atoms with Gasteiger partial charge in [0, 0.05) is 4.90 Å². The van der Waals surface area contributed by atoms with Crippen molar-refractivity contribution in [1.82, 2.24) is 0 Å². The molecule has 0 fully saturated rings. The van der Waals surface area contributed by atoms with Gasteiger partial charge in [-0.1, -0.05) is 17.7 Å². The van der Waals surface area contributed by atoms with E-state index in [1.54, 1.807) is 0 Å². The number of carbonyl (C=O) groups is 1. The van der Waals surface area contributed by atoms with Crippen molar-refractivity contribution in [2.75, 3.05) is 5.75 Å². The predicted octanol–water partition coefficient (Wildman–Crippen LogP) is 3.35. The second-order valence-electron chi connectivity index (χ2n) is 4.10. The molecule has 0 unspecified atom stereocenters. The van der Waals surface area contributed by atoms with Gasteiger partial charge in [0.05, 0.1) is 11.9 Å². The van der Waals surface area contributed by atoms with Crippen LogP contribution in [0.4, 0.5) is 0 Å². The van der Waals surface area contributed by atoms with E-state index < -0.39 is 0 Å². The third-order valence-electron chi connectivity index (χ3n) is 2.04. The summed E-state index contributed by atoms with van der Waals surface area (Å²) in [6.45, 7) is 7.84. The van der Waals surface area contributed by atoms with Crippen LogP contribution in [0.5, 0.6) is 0 Å². The standard InChI is InChI=1S/C13H18O2S/c1-9(2)15-13(14)8-16-12-6-5-10(3)7-11(12)4/h5-7,9H,8H2,1-4H3. The Kier molecular flexibility index (Phi) is 4.87. The molecule has 0 radical (unpaired) electrons. The van der Waals surface area contributed by atoms with Crippen LogP contribution in [0, 0.1) is 13.8 Å². The third kappa shape index (κ3) is 4.27. The van der Waals surface area contributed by atoms with Gasteiger partial charge in [-0.2, -0.15) is 0 Å². The van der Waals surface area contributed by atoms with Gasteiger partial charge in [-0.15, -0.1) is 11.8 Å². The van der Waals surface area contributed by atoms with Gasteiger partial charge in [0.25, 0.3) is 0 Å². The Labute approximate surface area is 101 Å². The fraction of sp³-hybridized carbons (Fsp3) is 0.462. The largest absolute Gasteiger partial charge is 0.462 e. The average molecular weight is 238 g/mol. The molecule has 88 valence electrons. The Morgan fingerprint density at radius 2 is 2.06 bits per heavy atom. The summed E-state index contributed by atoms with van der Waals surface area (Å²) in [6, 6.07) is 6.23. The lowest BCUT2D eigenvalue weighted by atomic mass is 10.2. The molecule has 0 aliphatic heterocycles. The first kappa shape index (κ1) is 13.1. The van der Waals surface area contributed by atoms with E-state index in [0.29, 0.717) is 5.75 Å². The highest BCUT2D eigenvalue weighted by Gasteiger charge is 2.07. The van der Waals surface area contributed by atoms with Gasteiger partial charge >= 0.3 is 5.97 Å². The Morgan fingerprint density at radius 1 is 1.38 bits per heavy atom. The Bertz CT molecular complexity index is 372. The van der Waals surface area contributed by atoms with Crippen molar-refractivity contribution >= 4 is 17.7 Å². The van der Waals surface area contributed by atoms with Gasteiger partial charge in [-0.05, 0) is 39.3 Å². The van der Waals surface area contributed by atoms with Gasteiger partial charge < -0.3 is 4.74 Å². The van der Waals surface area contributed by atoms with Crippen molar-refractivity contribution < 1.29 is 9.53 Å². The number of rotatable bonds is 4. The highest BCUT2D eigenvalue weighted by molar-refractivity contribution is 8.00. The van der Waals surface area contributed by atoms with Crippen LogP contribution in [0.15, 0.2) is 23.1 Å². The minimum Gasteiger partial charge on any atom is -0.462 e. The molecule has 0 amide bonds. The number of hydrogen-bond acceptors (Lipinski definition) is 3. The Hall–Kier alpha value is -0.960. The molecular weight excluding hydrogens is 220 g/mol. The molecule has 2 nitrogen and oxygen atoms in total. The summed E-state index contributed by atoms with van der Waals surface area (Å²) in [5, 5.41) is 0. The smallest absolute Gasteiger partial charge is 0.316 e. The fourth-order valence-corrected chi connectivity index (χ4v) is 2.19. The number of esters is 1. The van der Waals surface area contributed by atoms with Crippen LogP contribution in [0.1, 0.15) is 25.0 Å². The predicted molar refractivity (Wildman–Crippen MR) is 67.9 cm³/mol. The van der Waals surface area contributed by atoms with Gasteiger partial charge in [-0.25, -0.2) is 0 Å². The summed E-state index contributed by atoms with van der Waals surface area (Å²) >= 11 is 1.53. The van der Waals surface area contributed by atoms with Crippen LogP contribution in [0.3, 0.4) is 0 Å². The molecular formula is C13H18O2S. The quantitative estimate of drug-likeness (QED) is 0.594. The molecule has 3 heteroatoms. The van der Waals surface area contributed by atoms with Crippen molar-refractivity contribution in [3.05, 3.63) is 29.3 Å². The normalized spacial score (nSPS) is 10.6. The van der Waals surface area contributed by atoms with E-state index in [-0.39, 0.29) is 12.1 Å². The van der Waals surface area contributed by atoms with Crippen LogP contribution in [0.25, 0.3) is 0 Å². The highest BCUT2D eigenvalue weighted by atomic mass is 32.2. The van der Waals surface area contributed by atoms with Crippen LogP contribution in [-0.2, 0) is 9.53 Å². The summed E-state index contributed by atoms with van der Waals surface area (Å²) in [7, 11) is 0. The molecule has 0 aromatic heterocycles. The number of carbonyl (C=O) groups excluding carboxylic acids is 1. The van der Waals surface area contributed by atoms with E-state index in [9.17, 15) is 4.79 Å². The van der Waals surface area contributed by atoms with Crippen LogP contribution >= 0.6 is 11.8 Å². The van der Waals surface area contributed by atoms with Crippen LogP contribution in [-0.4, -0.2) is 17.8 Å². The lowest BCUT2D eigenvalue weighted by Gasteiger charge is -2.09. The zero-order valence-corrected chi connectivity index (χ0v) is 11.1. The van der Waals surface area contributed by atoms with E-state index >= 15 is 0 Å². The molecule has 0 heterocycles. The number of thioether (sulfide) groups is 1. The first-order chi connectivity index (χ1) is 7.49. The first-order valence-electron chi connectivity index (χ1n) is 5.38. The minimum absolute atomic E-state index is 0.0350. The molecule has 0 saturated heterocycles. The minimum atomic E-state index is -0.153.